The van der Waals surface area contributed by atoms with Crippen LogP contribution in [-0.2, 0) is 9.53 Å². The van der Waals surface area contributed by atoms with Crippen LogP contribution in [0.3, 0.4) is 0 Å². The smallest absolute Gasteiger partial charge is 0.314 e. The molecule has 2 aromatic carbocycles. The van der Waals surface area contributed by atoms with Crippen molar-refractivity contribution in [3.63, 3.8) is 0 Å². The molecule has 0 aliphatic heterocycles. The Morgan fingerprint density at radius 2 is 1.70 bits per heavy atom. The third kappa shape index (κ3) is 3.95. The van der Waals surface area contributed by atoms with Gasteiger partial charge in [0.2, 0.25) is 18.0 Å². The Morgan fingerprint density at radius 3 is 2.33 bits per heavy atom. The fraction of sp³-hybridized carbons (Fsp3) is 0.238. The molecule has 4 N–H and O–H groups in total. The van der Waals surface area contributed by atoms with Crippen LogP contribution < -0.4 is 10.2 Å². The van der Waals surface area contributed by atoms with Gasteiger partial charge >= 0.3 is 5.97 Å². The predicted octanol–water partition coefficient (Wildman–Crippen LogP) is 3.21. The first-order valence-electron chi connectivity index (χ1n) is 8.84. The summed E-state index contributed by atoms with van der Waals surface area (Å²) in [6.45, 7) is 4.62. The van der Waals surface area contributed by atoms with Crippen LogP contribution in [0.15, 0.2) is 39.5 Å². The Balaban J connectivity index is 2.00. The van der Waals surface area contributed by atoms with E-state index in [1.165, 1.54) is 12.1 Å². The third-order valence-electron chi connectivity index (χ3n) is 4.19. The van der Waals surface area contributed by atoms with Gasteiger partial charge in [0, 0.05) is 17.7 Å². The lowest BCUT2D eigenvalue weighted by Crippen LogP contribution is -2.24. The number of phenols is 3. The summed E-state index contributed by atoms with van der Waals surface area (Å²) in [5.41, 5.74) is -1.62. The van der Waals surface area contributed by atoms with E-state index >= 15 is 0 Å². The molecule has 0 amide bonds. The van der Waals surface area contributed by atoms with Crippen LogP contribution >= 0.6 is 0 Å². The minimum atomic E-state index is -0.901. The monoisotopic (exact) mass is 416 g/mol. The van der Waals surface area contributed by atoms with Gasteiger partial charge in [-0.05, 0) is 39.0 Å². The lowest BCUT2D eigenvalue weighted by molar-refractivity contribution is -0.159. The number of carbonyl (C=O) groups excluding carboxylic acids is 1. The number of carbonyl (C=O) groups is 1. The Hall–Kier alpha value is -3.88. The van der Waals surface area contributed by atoms with Crippen LogP contribution in [0.25, 0.3) is 22.3 Å². The van der Waals surface area contributed by atoms with Gasteiger partial charge in [0.1, 0.15) is 22.5 Å². The molecule has 1 heterocycles. The fourth-order valence-corrected chi connectivity index (χ4v) is 2.58. The molecular weight excluding hydrogens is 396 g/mol. The maximum atomic E-state index is 12.5. The van der Waals surface area contributed by atoms with Crippen LogP contribution in [0.4, 0.5) is 0 Å². The van der Waals surface area contributed by atoms with Gasteiger partial charge in [-0.15, -0.1) is 0 Å². The summed E-state index contributed by atoms with van der Waals surface area (Å²) in [5, 5.41) is 39.3. The molecule has 3 rings (SSSR count). The second-order valence-corrected chi connectivity index (χ2v) is 7.57. The van der Waals surface area contributed by atoms with E-state index in [4.69, 9.17) is 13.9 Å². The number of rotatable bonds is 4. The van der Waals surface area contributed by atoms with E-state index in [1.807, 2.05) is 0 Å². The Morgan fingerprint density at radius 1 is 1.00 bits per heavy atom. The number of phenolic OH excluding ortho intramolecular Hbond substituents is 3. The van der Waals surface area contributed by atoms with Gasteiger partial charge in [-0.25, -0.2) is 0 Å². The third-order valence-corrected chi connectivity index (χ3v) is 4.19. The lowest BCUT2D eigenvalue weighted by Gasteiger charge is -2.17. The SMILES string of the molecule is CC(C)(C)C(=O)OCOc1cc(O)c2c(=O)c(O)c(-c3ccc(O)c(O)c3)oc2c1. The fourth-order valence-electron chi connectivity index (χ4n) is 2.58. The van der Waals surface area contributed by atoms with E-state index in [9.17, 15) is 30.0 Å². The van der Waals surface area contributed by atoms with Crippen molar-refractivity contribution in [2.24, 2.45) is 5.41 Å². The molecule has 0 saturated carbocycles. The summed E-state index contributed by atoms with van der Waals surface area (Å²) < 4.78 is 15.9. The van der Waals surface area contributed by atoms with Gasteiger partial charge in [-0.3, -0.25) is 9.59 Å². The average molecular weight is 416 g/mol. The first-order chi connectivity index (χ1) is 14.0. The summed E-state index contributed by atoms with van der Waals surface area (Å²) >= 11 is 0. The van der Waals surface area contributed by atoms with Crippen molar-refractivity contribution in [3.8, 4) is 40.1 Å². The van der Waals surface area contributed by atoms with Crippen LogP contribution in [-0.4, -0.2) is 33.2 Å². The average Bonchev–Trinajstić information content (AvgIpc) is 2.65. The highest BCUT2D eigenvalue weighted by molar-refractivity contribution is 5.88. The van der Waals surface area contributed by atoms with Crippen molar-refractivity contribution in [1.82, 2.24) is 0 Å². The van der Waals surface area contributed by atoms with Crippen LogP contribution in [0, 0.1) is 5.41 Å². The zero-order valence-corrected chi connectivity index (χ0v) is 16.4. The Bertz CT molecular complexity index is 1190. The number of fused-ring (bicyclic) bond motifs is 1. The molecule has 158 valence electrons. The molecule has 0 unspecified atom stereocenters. The van der Waals surface area contributed by atoms with Crippen LogP contribution in [0.1, 0.15) is 20.8 Å². The van der Waals surface area contributed by atoms with E-state index in [2.05, 4.69) is 0 Å². The summed E-state index contributed by atoms with van der Waals surface area (Å²) in [6, 6.07) is 5.99. The van der Waals surface area contributed by atoms with Gasteiger partial charge in [0.25, 0.3) is 0 Å². The molecule has 9 nitrogen and oxygen atoms in total. The van der Waals surface area contributed by atoms with Gasteiger partial charge in [0.15, 0.2) is 17.3 Å². The lowest BCUT2D eigenvalue weighted by atomic mass is 9.98. The second kappa shape index (κ2) is 7.51. The minimum absolute atomic E-state index is 0.0510. The largest absolute Gasteiger partial charge is 0.507 e. The molecule has 0 aliphatic carbocycles. The number of benzene rings is 2. The van der Waals surface area contributed by atoms with Gasteiger partial charge < -0.3 is 34.3 Å². The number of aromatic hydroxyl groups is 4. The van der Waals surface area contributed by atoms with Crippen molar-refractivity contribution >= 4 is 16.9 Å². The summed E-state index contributed by atoms with van der Waals surface area (Å²) in [7, 11) is 0. The summed E-state index contributed by atoms with van der Waals surface area (Å²) in [5.74, 6) is -2.87. The number of hydrogen-bond acceptors (Lipinski definition) is 9. The molecule has 0 atom stereocenters. The van der Waals surface area contributed by atoms with E-state index in [0.717, 1.165) is 18.2 Å². The highest BCUT2D eigenvalue weighted by atomic mass is 16.7. The molecular formula is C21H20O9. The molecule has 3 aromatic rings. The molecule has 0 spiro atoms. The standard InChI is InChI=1S/C21H20O9/c1-21(2,3)20(27)29-9-28-11-7-14(24)16-15(8-11)30-19(18(26)17(16)25)10-4-5-12(22)13(23)6-10/h4-8,22-24,26H,9H2,1-3H3. The highest BCUT2D eigenvalue weighted by Gasteiger charge is 2.23. The normalized spacial score (nSPS) is 11.4. The maximum Gasteiger partial charge on any atom is 0.314 e. The molecule has 9 heteroatoms. The predicted molar refractivity (Wildman–Crippen MR) is 106 cm³/mol. The highest BCUT2D eigenvalue weighted by Crippen LogP contribution is 2.37. The van der Waals surface area contributed by atoms with Crippen molar-refractivity contribution in [2.75, 3.05) is 6.79 Å². The molecule has 0 fully saturated rings. The molecule has 30 heavy (non-hydrogen) atoms. The van der Waals surface area contributed by atoms with Crippen LogP contribution in [0.2, 0.25) is 0 Å². The van der Waals surface area contributed by atoms with E-state index < -0.39 is 40.9 Å². The molecule has 0 aliphatic rings. The summed E-state index contributed by atoms with van der Waals surface area (Å²) in [4.78, 5) is 24.3. The van der Waals surface area contributed by atoms with E-state index in [-0.39, 0.29) is 33.8 Å². The van der Waals surface area contributed by atoms with Crippen molar-refractivity contribution < 1.29 is 39.1 Å². The topological polar surface area (TPSA) is 147 Å². The quantitative estimate of drug-likeness (QED) is 0.286. The number of hydrogen-bond donors (Lipinski definition) is 4. The molecule has 0 bridgehead atoms. The number of ether oxygens (including phenoxy) is 2. The molecule has 0 radical (unpaired) electrons. The van der Waals surface area contributed by atoms with Crippen molar-refractivity contribution in [1.29, 1.82) is 0 Å². The van der Waals surface area contributed by atoms with Crippen molar-refractivity contribution in [2.45, 2.75) is 20.8 Å². The molecule has 1 aromatic heterocycles. The van der Waals surface area contributed by atoms with E-state index in [0.29, 0.717) is 0 Å². The van der Waals surface area contributed by atoms with Gasteiger partial charge in [-0.1, -0.05) is 0 Å². The maximum absolute atomic E-state index is 12.5. The Kier molecular flexibility index (Phi) is 5.22. The van der Waals surface area contributed by atoms with E-state index in [1.54, 1.807) is 20.8 Å². The zero-order valence-electron chi connectivity index (χ0n) is 16.4. The van der Waals surface area contributed by atoms with Gasteiger partial charge in [-0.2, -0.15) is 0 Å². The van der Waals surface area contributed by atoms with Crippen LogP contribution in [0.5, 0.6) is 28.7 Å². The zero-order chi connectivity index (χ0) is 22.2. The Labute approximate surface area is 170 Å². The minimum Gasteiger partial charge on any atom is -0.507 e. The second-order valence-electron chi connectivity index (χ2n) is 7.57. The molecule has 0 saturated heterocycles. The van der Waals surface area contributed by atoms with Gasteiger partial charge in [0.05, 0.1) is 5.41 Å². The number of esters is 1. The first-order valence-corrected chi connectivity index (χ1v) is 8.84. The summed E-state index contributed by atoms with van der Waals surface area (Å²) in [6.07, 6.45) is 0. The first kappa shape index (κ1) is 20.8. The van der Waals surface area contributed by atoms with Crippen molar-refractivity contribution in [3.05, 3.63) is 40.6 Å².